The predicted octanol–water partition coefficient (Wildman–Crippen LogP) is 2.78. The second kappa shape index (κ2) is 4.63. The Balaban J connectivity index is 1.70. The van der Waals surface area contributed by atoms with Gasteiger partial charge >= 0.3 is 0 Å². The maximum atomic E-state index is 13.5. The molecule has 1 aromatic heterocycles. The summed E-state index contributed by atoms with van der Waals surface area (Å²) in [5.74, 6) is -0.273. The Bertz CT molecular complexity index is 453. The molecule has 2 atom stereocenters. The molecule has 1 saturated heterocycles. The van der Waals surface area contributed by atoms with Crippen molar-refractivity contribution in [2.24, 2.45) is 0 Å². The molecule has 98 valence electrons. The SMILES string of the molecule is Fc1cnc(Cl)nc1N[C@H]1CCC[C@]2(CCO2)C1. The van der Waals surface area contributed by atoms with Gasteiger partial charge in [0.15, 0.2) is 11.6 Å². The van der Waals surface area contributed by atoms with Gasteiger partial charge in [0.2, 0.25) is 5.28 Å². The van der Waals surface area contributed by atoms with E-state index in [0.29, 0.717) is 0 Å². The molecule has 0 amide bonds. The van der Waals surface area contributed by atoms with Gasteiger partial charge in [-0.1, -0.05) is 0 Å². The fourth-order valence-electron chi connectivity index (χ4n) is 2.84. The molecule has 0 radical (unpaired) electrons. The van der Waals surface area contributed by atoms with E-state index < -0.39 is 5.82 Å². The van der Waals surface area contributed by atoms with Gasteiger partial charge in [-0.25, -0.2) is 9.37 Å². The molecule has 1 aliphatic carbocycles. The van der Waals surface area contributed by atoms with Crippen LogP contribution in [0.1, 0.15) is 32.1 Å². The average molecular weight is 272 g/mol. The van der Waals surface area contributed by atoms with E-state index in [0.717, 1.165) is 44.9 Å². The fourth-order valence-corrected chi connectivity index (χ4v) is 2.97. The third-order valence-electron chi connectivity index (χ3n) is 3.82. The molecule has 1 aromatic rings. The Morgan fingerprint density at radius 3 is 3.06 bits per heavy atom. The Morgan fingerprint density at radius 1 is 1.50 bits per heavy atom. The minimum atomic E-state index is -0.464. The van der Waals surface area contributed by atoms with E-state index in [1.165, 1.54) is 0 Å². The summed E-state index contributed by atoms with van der Waals surface area (Å²) in [7, 11) is 0. The molecule has 2 fully saturated rings. The van der Waals surface area contributed by atoms with Gasteiger partial charge in [0.1, 0.15) is 0 Å². The molecule has 6 heteroatoms. The van der Waals surface area contributed by atoms with Crippen molar-refractivity contribution in [3.8, 4) is 0 Å². The lowest BCUT2D eigenvalue weighted by atomic mass is 9.77. The second-order valence-corrected chi connectivity index (χ2v) is 5.39. The summed E-state index contributed by atoms with van der Waals surface area (Å²) in [4.78, 5) is 7.49. The minimum absolute atomic E-state index is 0.0310. The van der Waals surface area contributed by atoms with E-state index in [9.17, 15) is 4.39 Å². The third-order valence-corrected chi connectivity index (χ3v) is 4.01. The largest absolute Gasteiger partial charge is 0.375 e. The topological polar surface area (TPSA) is 47.0 Å². The molecule has 2 heterocycles. The van der Waals surface area contributed by atoms with Gasteiger partial charge in [-0.05, 0) is 43.7 Å². The van der Waals surface area contributed by atoms with Crippen LogP contribution in [0.2, 0.25) is 5.28 Å². The van der Waals surface area contributed by atoms with E-state index in [1.807, 2.05) is 0 Å². The lowest BCUT2D eigenvalue weighted by Crippen LogP contribution is -2.50. The Labute approximate surface area is 110 Å². The highest BCUT2D eigenvalue weighted by Gasteiger charge is 2.42. The van der Waals surface area contributed by atoms with Gasteiger partial charge in [-0.2, -0.15) is 4.98 Å². The number of hydrogen-bond donors (Lipinski definition) is 1. The van der Waals surface area contributed by atoms with Crippen LogP contribution in [0.25, 0.3) is 0 Å². The van der Waals surface area contributed by atoms with Crippen molar-refractivity contribution in [2.45, 2.75) is 43.7 Å². The number of ether oxygens (including phenoxy) is 1. The standard InChI is InChI=1S/C12H15ClFN3O/c13-11-15-7-9(14)10(17-11)16-8-2-1-3-12(6-8)4-5-18-12/h7-8H,1-6H2,(H,15,16,17)/t8-,12-/m0/s1. The number of nitrogens with one attached hydrogen (secondary N) is 1. The van der Waals surface area contributed by atoms with E-state index >= 15 is 0 Å². The van der Waals surface area contributed by atoms with Crippen LogP contribution in [0.5, 0.6) is 0 Å². The Kier molecular flexibility index (Phi) is 3.11. The summed E-state index contributed by atoms with van der Waals surface area (Å²) in [6, 6.07) is 0.194. The summed E-state index contributed by atoms with van der Waals surface area (Å²) < 4.78 is 19.2. The first-order valence-corrected chi connectivity index (χ1v) is 6.63. The maximum absolute atomic E-state index is 13.5. The van der Waals surface area contributed by atoms with Crippen LogP contribution in [0.3, 0.4) is 0 Å². The first-order chi connectivity index (χ1) is 8.67. The minimum Gasteiger partial charge on any atom is -0.375 e. The van der Waals surface area contributed by atoms with Crippen LogP contribution in [0.4, 0.5) is 10.2 Å². The molecular weight excluding hydrogens is 257 g/mol. The summed E-state index contributed by atoms with van der Waals surface area (Å²) in [5.41, 5.74) is 0.0310. The molecule has 0 unspecified atom stereocenters. The highest BCUT2D eigenvalue weighted by molar-refractivity contribution is 6.28. The summed E-state index contributed by atoms with van der Waals surface area (Å²) in [6.07, 6.45) is 6.32. The third kappa shape index (κ3) is 2.29. The Hall–Kier alpha value is -0.940. The molecule has 1 aliphatic heterocycles. The van der Waals surface area contributed by atoms with E-state index in [2.05, 4.69) is 15.3 Å². The number of nitrogens with zero attached hydrogens (tertiary/aromatic N) is 2. The molecule has 0 aromatic carbocycles. The first-order valence-electron chi connectivity index (χ1n) is 6.25. The lowest BCUT2D eigenvalue weighted by Gasteiger charge is -2.47. The van der Waals surface area contributed by atoms with E-state index in [4.69, 9.17) is 16.3 Å². The summed E-state index contributed by atoms with van der Waals surface area (Å²) in [5, 5.41) is 3.18. The molecule has 3 rings (SSSR count). The molecule has 4 nitrogen and oxygen atoms in total. The van der Waals surface area contributed by atoms with Gasteiger partial charge in [0.05, 0.1) is 18.4 Å². The van der Waals surface area contributed by atoms with E-state index in [-0.39, 0.29) is 22.7 Å². The van der Waals surface area contributed by atoms with Crippen molar-refractivity contribution in [3.63, 3.8) is 0 Å². The molecule has 1 saturated carbocycles. The number of aromatic nitrogens is 2. The van der Waals surface area contributed by atoms with Crippen LogP contribution >= 0.6 is 11.6 Å². The van der Waals surface area contributed by atoms with Crippen LogP contribution in [-0.4, -0.2) is 28.2 Å². The zero-order chi connectivity index (χ0) is 12.6. The normalized spacial score (nSPS) is 31.1. The predicted molar refractivity (Wildman–Crippen MR) is 66.2 cm³/mol. The van der Waals surface area contributed by atoms with Crippen LogP contribution in [-0.2, 0) is 4.74 Å². The van der Waals surface area contributed by atoms with Gasteiger partial charge in [-0.15, -0.1) is 0 Å². The summed E-state index contributed by atoms with van der Waals surface area (Å²) in [6.45, 7) is 0.848. The second-order valence-electron chi connectivity index (χ2n) is 5.05. The molecule has 1 N–H and O–H groups in total. The van der Waals surface area contributed by atoms with Crippen molar-refractivity contribution >= 4 is 17.4 Å². The quantitative estimate of drug-likeness (QED) is 0.841. The highest BCUT2D eigenvalue weighted by atomic mass is 35.5. The van der Waals surface area contributed by atoms with E-state index in [1.54, 1.807) is 0 Å². The molecule has 2 aliphatic rings. The fraction of sp³-hybridized carbons (Fsp3) is 0.667. The van der Waals surface area contributed by atoms with Crippen molar-refractivity contribution < 1.29 is 9.13 Å². The van der Waals surface area contributed by atoms with Crippen molar-refractivity contribution in [1.82, 2.24) is 9.97 Å². The number of hydrogen-bond acceptors (Lipinski definition) is 4. The molecular formula is C12H15ClFN3O. The summed E-state index contributed by atoms with van der Waals surface area (Å²) >= 11 is 5.68. The zero-order valence-corrected chi connectivity index (χ0v) is 10.7. The number of rotatable bonds is 2. The van der Waals surface area contributed by atoms with Gasteiger partial charge in [-0.3, -0.25) is 0 Å². The molecule has 1 spiro atoms. The first kappa shape index (κ1) is 12.1. The lowest BCUT2D eigenvalue weighted by molar-refractivity contribution is -0.166. The zero-order valence-electron chi connectivity index (χ0n) is 9.96. The smallest absolute Gasteiger partial charge is 0.224 e. The van der Waals surface area contributed by atoms with Crippen LogP contribution in [0.15, 0.2) is 6.20 Å². The van der Waals surface area contributed by atoms with Crippen molar-refractivity contribution in [3.05, 3.63) is 17.3 Å². The van der Waals surface area contributed by atoms with Crippen LogP contribution in [0, 0.1) is 5.82 Å². The Morgan fingerprint density at radius 2 is 2.33 bits per heavy atom. The molecule has 0 bridgehead atoms. The highest BCUT2D eigenvalue weighted by Crippen LogP contribution is 2.41. The van der Waals surface area contributed by atoms with Gasteiger partial charge < -0.3 is 10.1 Å². The van der Waals surface area contributed by atoms with Crippen LogP contribution < -0.4 is 5.32 Å². The molecule has 18 heavy (non-hydrogen) atoms. The maximum Gasteiger partial charge on any atom is 0.224 e. The number of anilines is 1. The number of halogens is 2. The van der Waals surface area contributed by atoms with Crippen molar-refractivity contribution in [2.75, 3.05) is 11.9 Å². The van der Waals surface area contributed by atoms with Gasteiger partial charge in [0, 0.05) is 6.04 Å². The van der Waals surface area contributed by atoms with Crippen molar-refractivity contribution in [1.29, 1.82) is 0 Å². The average Bonchev–Trinajstić information content (AvgIpc) is 2.32. The monoisotopic (exact) mass is 271 g/mol. The van der Waals surface area contributed by atoms with Gasteiger partial charge in [0.25, 0.3) is 0 Å².